The van der Waals surface area contributed by atoms with Gasteiger partial charge in [0.25, 0.3) is 5.95 Å². The highest BCUT2D eigenvalue weighted by Gasteiger charge is 2.27. The number of hydrogen-bond acceptors (Lipinski definition) is 5. The second-order valence-corrected chi connectivity index (χ2v) is 5.73. The molecule has 0 aromatic carbocycles. The summed E-state index contributed by atoms with van der Waals surface area (Å²) in [6, 6.07) is 0.683. The molecule has 2 fully saturated rings. The summed E-state index contributed by atoms with van der Waals surface area (Å²) in [5.41, 5.74) is 0. The molecule has 3 rings (SSSR count). The van der Waals surface area contributed by atoms with E-state index < -0.39 is 0 Å². The predicted octanol–water partition coefficient (Wildman–Crippen LogP) is 2.31. The van der Waals surface area contributed by atoms with Crippen LogP contribution in [0.4, 0.5) is 5.95 Å². The van der Waals surface area contributed by atoms with Crippen molar-refractivity contribution in [3.05, 3.63) is 5.89 Å². The third kappa shape index (κ3) is 2.91. The highest BCUT2D eigenvalue weighted by Crippen LogP contribution is 2.32. The lowest BCUT2D eigenvalue weighted by atomic mass is 9.86. The van der Waals surface area contributed by atoms with Crippen molar-refractivity contribution in [3.63, 3.8) is 0 Å². The van der Waals surface area contributed by atoms with E-state index in [1.165, 1.54) is 38.5 Å². The highest BCUT2D eigenvalue weighted by molar-refractivity contribution is 5.29. The second kappa shape index (κ2) is 5.90. The van der Waals surface area contributed by atoms with E-state index in [0.717, 1.165) is 31.5 Å². The molecule has 1 aromatic heterocycles. The molecular weight excluding hydrogens is 240 g/mol. The lowest BCUT2D eigenvalue weighted by Crippen LogP contribution is -2.32. The van der Waals surface area contributed by atoms with Gasteiger partial charge in [-0.05, 0) is 50.2 Å². The van der Waals surface area contributed by atoms with E-state index in [1.54, 1.807) is 0 Å². The lowest BCUT2D eigenvalue weighted by Gasteiger charge is -2.26. The Hall–Kier alpha value is -1.10. The molecule has 5 heteroatoms. The first-order chi connectivity index (χ1) is 9.36. The zero-order chi connectivity index (χ0) is 13.1. The lowest BCUT2D eigenvalue weighted by molar-refractivity contribution is 0.284. The van der Waals surface area contributed by atoms with Crippen molar-refractivity contribution >= 4 is 5.95 Å². The van der Waals surface area contributed by atoms with Gasteiger partial charge in [-0.2, -0.15) is 4.98 Å². The molecule has 1 N–H and O–H groups in total. The van der Waals surface area contributed by atoms with Crippen LogP contribution in [0.1, 0.15) is 57.3 Å². The van der Waals surface area contributed by atoms with Crippen molar-refractivity contribution in [2.45, 2.75) is 57.4 Å². The molecule has 1 saturated heterocycles. The van der Waals surface area contributed by atoms with Gasteiger partial charge >= 0.3 is 0 Å². The van der Waals surface area contributed by atoms with Crippen LogP contribution in [0.25, 0.3) is 0 Å². The number of rotatable bonds is 4. The van der Waals surface area contributed by atoms with Crippen LogP contribution < -0.4 is 10.2 Å². The number of aromatic nitrogens is 2. The summed E-state index contributed by atoms with van der Waals surface area (Å²) >= 11 is 0. The minimum absolute atomic E-state index is 0.471. The van der Waals surface area contributed by atoms with Gasteiger partial charge in [-0.1, -0.05) is 6.92 Å². The minimum atomic E-state index is 0.471. The summed E-state index contributed by atoms with van der Waals surface area (Å²) in [7, 11) is 0. The Labute approximate surface area is 114 Å². The van der Waals surface area contributed by atoms with E-state index in [2.05, 4.69) is 27.3 Å². The Kier molecular flexibility index (Phi) is 4.01. The fraction of sp³-hybridized carbons (Fsp3) is 0.857. The Bertz CT molecular complexity index is 392. The zero-order valence-corrected chi connectivity index (χ0v) is 11.8. The number of hydrogen-bond donors (Lipinski definition) is 1. The van der Waals surface area contributed by atoms with Gasteiger partial charge in [-0.25, -0.2) is 0 Å². The van der Waals surface area contributed by atoms with Gasteiger partial charge in [0.05, 0.1) is 0 Å². The molecule has 1 aromatic rings. The Morgan fingerprint density at radius 1 is 1.21 bits per heavy atom. The topological polar surface area (TPSA) is 54.2 Å². The number of nitrogens with one attached hydrogen (secondary N) is 1. The van der Waals surface area contributed by atoms with Crippen molar-refractivity contribution in [2.75, 3.05) is 24.5 Å². The van der Waals surface area contributed by atoms with Crippen LogP contribution in [0.5, 0.6) is 0 Å². The largest absolute Gasteiger partial charge is 0.338 e. The zero-order valence-electron chi connectivity index (χ0n) is 11.8. The van der Waals surface area contributed by atoms with Gasteiger partial charge in [0, 0.05) is 25.0 Å². The molecule has 5 nitrogen and oxygen atoms in total. The maximum absolute atomic E-state index is 5.49. The summed E-state index contributed by atoms with van der Waals surface area (Å²) in [4.78, 5) is 6.85. The third-order valence-corrected chi connectivity index (χ3v) is 4.39. The molecule has 2 aliphatic rings. The van der Waals surface area contributed by atoms with E-state index in [1.807, 2.05) is 0 Å². The van der Waals surface area contributed by atoms with Crippen molar-refractivity contribution in [1.82, 2.24) is 15.5 Å². The van der Waals surface area contributed by atoms with Gasteiger partial charge in [0.15, 0.2) is 0 Å². The molecule has 0 spiro atoms. The van der Waals surface area contributed by atoms with Crippen molar-refractivity contribution in [2.24, 2.45) is 0 Å². The second-order valence-electron chi connectivity index (χ2n) is 5.73. The normalized spacial score (nSPS) is 27.9. The van der Waals surface area contributed by atoms with Gasteiger partial charge in [-0.15, -0.1) is 0 Å². The maximum Gasteiger partial charge on any atom is 0.266 e. The Balaban J connectivity index is 1.58. The van der Waals surface area contributed by atoms with Gasteiger partial charge < -0.3 is 14.7 Å². The third-order valence-electron chi connectivity index (χ3n) is 4.39. The Morgan fingerprint density at radius 2 is 1.95 bits per heavy atom. The summed E-state index contributed by atoms with van der Waals surface area (Å²) in [6.07, 6.45) is 7.27. The van der Waals surface area contributed by atoms with E-state index in [-0.39, 0.29) is 0 Å². The molecule has 1 aliphatic carbocycles. The van der Waals surface area contributed by atoms with Gasteiger partial charge in [-0.3, -0.25) is 0 Å². The maximum atomic E-state index is 5.49. The smallest absolute Gasteiger partial charge is 0.266 e. The first-order valence-corrected chi connectivity index (χ1v) is 7.68. The van der Waals surface area contributed by atoms with E-state index in [0.29, 0.717) is 12.0 Å². The molecule has 1 aliphatic heterocycles. The van der Waals surface area contributed by atoms with Gasteiger partial charge in [0.2, 0.25) is 5.89 Å². The molecule has 1 saturated carbocycles. The number of anilines is 1. The molecule has 0 amide bonds. The van der Waals surface area contributed by atoms with Crippen LogP contribution in [-0.4, -0.2) is 35.8 Å². The molecule has 0 bridgehead atoms. The standard InChI is InChI=1S/C14H24N4O/c1-2-15-12-7-5-11(6-8-12)13-16-14(17-19-13)18-9-3-4-10-18/h11-12,15H,2-10H2,1H3. The fourth-order valence-corrected chi connectivity index (χ4v) is 3.27. The summed E-state index contributed by atoms with van der Waals surface area (Å²) in [6.45, 7) is 5.39. The first kappa shape index (κ1) is 12.9. The summed E-state index contributed by atoms with van der Waals surface area (Å²) in [5, 5.41) is 7.68. The average Bonchev–Trinajstić information content (AvgIpc) is 3.11. The van der Waals surface area contributed by atoms with E-state index in [4.69, 9.17) is 4.52 Å². The SMILES string of the molecule is CCNC1CCC(c2nc(N3CCCC3)no2)CC1. The van der Waals surface area contributed by atoms with E-state index in [9.17, 15) is 0 Å². The van der Waals surface area contributed by atoms with Gasteiger partial charge in [0.1, 0.15) is 0 Å². The molecule has 2 heterocycles. The molecule has 0 radical (unpaired) electrons. The highest BCUT2D eigenvalue weighted by atomic mass is 16.5. The van der Waals surface area contributed by atoms with Crippen LogP contribution in [-0.2, 0) is 0 Å². The van der Waals surface area contributed by atoms with Crippen LogP contribution in [0.2, 0.25) is 0 Å². The van der Waals surface area contributed by atoms with Crippen molar-refractivity contribution in [3.8, 4) is 0 Å². The molecular formula is C14H24N4O. The first-order valence-electron chi connectivity index (χ1n) is 7.68. The quantitative estimate of drug-likeness (QED) is 0.904. The molecule has 106 valence electrons. The van der Waals surface area contributed by atoms with Crippen molar-refractivity contribution < 1.29 is 4.52 Å². The fourth-order valence-electron chi connectivity index (χ4n) is 3.27. The Morgan fingerprint density at radius 3 is 2.63 bits per heavy atom. The monoisotopic (exact) mass is 264 g/mol. The van der Waals surface area contributed by atoms with Crippen LogP contribution in [0, 0.1) is 0 Å². The van der Waals surface area contributed by atoms with Crippen LogP contribution >= 0.6 is 0 Å². The average molecular weight is 264 g/mol. The van der Waals surface area contributed by atoms with Crippen LogP contribution in [0.3, 0.4) is 0 Å². The molecule has 0 atom stereocenters. The summed E-state index contributed by atoms with van der Waals surface area (Å²) < 4.78 is 5.49. The predicted molar refractivity (Wildman–Crippen MR) is 74.4 cm³/mol. The summed E-state index contributed by atoms with van der Waals surface area (Å²) in [5.74, 6) is 2.14. The molecule has 19 heavy (non-hydrogen) atoms. The van der Waals surface area contributed by atoms with E-state index >= 15 is 0 Å². The number of nitrogens with zero attached hydrogens (tertiary/aromatic N) is 3. The van der Waals surface area contributed by atoms with Crippen LogP contribution in [0.15, 0.2) is 4.52 Å². The minimum Gasteiger partial charge on any atom is -0.338 e. The molecule has 0 unspecified atom stereocenters. The van der Waals surface area contributed by atoms with Crippen molar-refractivity contribution in [1.29, 1.82) is 0 Å².